The lowest BCUT2D eigenvalue weighted by Crippen LogP contribution is -2.25. The Morgan fingerprint density at radius 2 is 1.69 bits per heavy atom. The Balaban J connectivity index is 1.74. The maximum atomic E-state index is 13.1. The fraction of sp³-hybridized carbons (Fsp3) is 0.130. The van der Waals surface area contributed by atoms with E-state index in [0.29, 0.717) is 28.6 Å². The molecule has 29 heavy (non-hydrogen) atoms. The summed E-state index contributed by atoms with van der Waals surface area (Å²) in [6, 6.07) is 19.4. The van der Waals surface area contributed by atoms with Gasteiger partial charge in [-0.2, -0.15) is 5.10 Å². The van der Waals surface area contributed by atoms with Gasteiger partial charge in [0.1, 0.15) is 5.56 Å². The summed E-state index contributed by atoms with van der Waals surface area (Å²) in [6.07, 6.45) is 3.82. The van der Waals surface area contributed by atoms with Crippen molar-refractivity contribution < 1.29 is 4.79 Å². The van der Waals surface area contributed by atoms with Gasteiger partial charge in [-0.05, 0) is 49.7 Å². The van der Waals surface area contributed by atoms with Crippen molar-refractivity contribution in [3.05, 3.63) is 100 Å². The number of hydrogen-bond acceptors (Lipinski definition) is 2. The molecule has 0 bridgehead atoms. The third kappa shape index (κ3) is 3.82. The number of hydrogen-bond donors (Lipinski definition) is 1. The van der Waals surface area contributed by atoms with Crippen LogP contribution in [0.5, 0.6) is 0 Å². The predicted octanol–water partition coefficient (Wildman–Crippen LogP) is 4.86. The summed E-state index contributed by atoms with van der Waals surface area (Å²) in [4.78, 5) is 13.1. The highest BCUT2D eigenvalue weighted by Gasteiger charge is 2.23. The van der Waals surface area contributed by atoms with E-state index in [1.807, 2.05) is 91.5 Å². The highest BCUT2D eigenvalue weighted by Crippen LogP contribution is 2.24. The molecule has 146 valence electrons. The van der Waals surface area contributed by atoms with Crippen LogP contribution in [0.2, 0.25) is 5.02 Å². The number of nitrogens with zero attached hydrogens (tertiary/aromatic N) is 3. The van der Waals surface area contributed by atoms with E-state index in [2.05, 4.69) is 10.4 Å². The van der Waals surface area contributed by atoms with Crippen LogP contribution in [0.15, 0.2) is 73.1 Å². The van der Waals surface area contributed by atoms with Gasteiger partial charge in [-0.15, -0.1) is 0 Å². The number of halogens is 1. The lowest BCUT2D eigenvalue weighted by Gasteiger charge is -2.12. The predicted molar refractivity (Wildman–Crippen MR) is 115 cm³/mol. The van der Waals surface area contributed by atoms with E-state index in [1.54, 1.807) is 4.68 Å². The second-order valence-electron chi connectivity index (χ2n) is 6.90. The Hall–Kier alpha value is -3.31. The molecule has 4 rings (SSSR count). The summed E-state index contributed by atoms with van der Waals surface area (Å²) in [7, 11) is 0. The zero-order valence-electron chi connectivity index (χ0n) is 16.3. The standard InChI is InChI=1S/C23H21ClN4O/c1-16-9-11-19(12-10-16)28-23(27-13-5-6-14-27)21(17(2)26-28)22(29)25-15-18-7-3-4-8-20(18)24/h3-14H,15H2,1-2H3,(H,25,29). The smallest absolute Gasteiger partial charge is 0.257 e. The second kappa shape index (κ2) is 7.97. The molecule has 4 aromatic rings. The first-order chi connectivity index (χ1) is 14.0. The molecule has 0 aliphatic heterocycles. The van der Waals surface area contributed by atoms with E-state index in [1.165, 1.54) is 0 Å². The lowest BCUT2D eigenvalue weighted by molar-refractivity contribution is 0.0950. The molecule has 6 heteroatoms. The van der Waals surface area contributed by atoms with E-state index in [-0.39, 0.29) is 5.91 Å². The number of carbonyl (C=O) groups excluding carboxylic acids is 1. The average Bonchev–Trinajstić information content (AvgIpc) is 3.35. The van der Waals surface area contributed by atoms with E-state index in [0.717, 1.165) is 16.8 Å². The molecular formula is C23H21ClN4O. The van der Waals surface area contributed by atoms with Crippen molar-refractivity contribution in [1.29, 1.82) is 0 Å². The van der Waals surface area contributed by atoms with Crippen molar-refractivity contribution in [2.45, 2.75) is 20.4 Å². The van der Waals surface area contributed by atoms with Gasteiger partial charge in [0.25, 0.3) is 5.91 Å². The molecule has 1 N–H and O–H groups in total. The van der Waals surface area contributed by atoms with Crippen molar-refractivity contribution >= 4 is 17.5 Å². The molecule has 0 spiro atoms. The van der Waals surface area contributed by atoms with Gasteiger partial charge in [0.15, 0.2) is 5.82 Å². The Morgan fingerprint density at radius 1 is 1.00 bits per heavy atom. The van der Waals surface area contributed by atoms with Crippen LogP contribution in [-0.4, -0.2) is 20.3 Å². The highest BCUT2D eigenvalue weighted by molar-refractivity contribution is 6.31. The van der Waals surface area contributed by atoms with Crippen LogP contribution in [0.1, 0.15) is 27.2 Å². The molecule has 0 aliphatic carbocycles. The summed E-state index contributed by atoms with van der Waals surface area (Å²) < 4.78 is 3.71. The van der Waals surface area contributed by atoms with Crippen LogP contribution in [0, 0.1) is 13.8 Å². The third-order valence-corrected chi connectivity index (χ3v) is 5.16. The van der Waals surface area contributed by atoms with E-state index in [9.17, 15) is 4.79 Å². The van der Waals surface area contributed by atoms with Crippen LogP contribution in [-0.2, 0) is 6.54 Å². The molecule has 0 saturated heterocycles. The third-order valence-electron chi connectivity index (χ3n) is 4.79. The zero-order valence-corrected chi connectivity index (χ0v) is 17.0. The number of benzene rings is 2. The minimum atomic E-state index is -0.190. The quantitative estimate of drug-likeness (QED) is 0.516. The van der Waals surface area contributed by atoms with Gasteiger partial charge in [0.2, 0.25) is 0 Å². The van der Waals surface area contributed by atoms with Crippen molar-refractivity contribution in [2.24, 2.45) is 0 Å². The fourth-order valence-corrected chi connectivity index (χ4v) is 3.47. The minimum absolute atomic E-state index is 0.190. The van der Waals surface area contributed by atoms with Crippen molar-refractivity contribution in [1.82, 2.24) is 19.7 Å². The Bertz CT molecular complexity index is 1140. The van der Waals surface area contributed by atoms with Crippen LogP contribution < -0.4 is 5.32 Å². The zero-order chi connectivity index (χ0) is 20.4. The number of amides is 1. The van der Waals surface area contributed by atoms with Crippen LogP contribution in [0.4, 0.5) is 0 Å². The molecule has 0 fully saturated rings. The van der Waals surface area contributed by atoms with Crippen LogP contribution in [0.25, 0.3) is 11.5 Å². The molecule has 2 aromatic carbocycles. The van der Waals surface area contributed by atoms with Crippen LogP contribution in [0.3, 0.4) is 0 Å². The van der Waals surface area contributed by atoms with Gasteiger partial charge in [0.05, 0.1) is 11.4 Å². The minimum Gasteiger partial charge on any atom is -0.348 e. The first-order valence-corrected chi connectivity index (χ1v) is 9.74. The number of rotatable bonds is 5. The number of nitrogens with one attached hydrogen (secondary N) is 1. The molecule has 0 radical (unpaired) electrons. The summed E-state index contributed by atoms with van der Waals surface area (Å²) in [5, 5.41) is 8.28. The summed E-state index contributed by atoms with van der Waals surface area (Å²) in [5.41, 5.74) is 4.12. The maximum absolute atomic E-state index is 13.1. The molecule has 0 unspecified atom stereocenters. The van der Waals surface area contributed by atoms with Crippen molar-refractivity contribution in [3.8, 4) is 11.5 Å². The summed E-state index contributed by atoms with van der Waals surface area (Å²) >= 11 is 6.22. The van der Waals surface area contributed by atoms with Gasteiger partial charge < -0.3 is 9.88 Å². The second-order valence-corrected chi connectivity index (χ2v) is 7.30. The molecule has 0 saturated carbocycles. The molecule has 2 heterocycles. The summed E-state index contributed by atoms with van der Waals surface area (Å²) in [5.74, 6) is 0.512. The van der Waals surface area contributed by atoms with Gasteiger partial charge >= 0.3 is 0 Å². The Kier molecular flexibility index (Phi) is 5.23. The normalized spacial score (nSPS) is 10.9. The van der Waals surface area contributed by atoms with Gasteiger partial charge in [-0.3, -0.25) is 4.79 Å². The Labute approximate surface area is 174 Å². The van der Waals surface area contributed by atoms with Gasteiger partial charge in [-0.25, -0.2) is 4.68 Å². The maximum Gasteiger partial charge on any atom is 0.257 e. The number of aryl methyl sites for hydroxylation is 2. The topological polar surface area (TPSA) is 51.9 Å². The van der Waals surface area contributed by atoms with Crippen molar-refractivity contribution in [2.75, 3.05) is 0 Å². The Morgan fingerprint density at radius 3 is 2.38 bits per heavy atom. The van der Waals surface area contributed by atoms with E-state index < -0.39 is 0 Å². The number of aromatic nitrogens is 3. The average molecular weight is 405 g/mol. The summed E-state index contributed by atoms with van der Waals surface area (Å²) in [6.45, 7) is 4.24. The largest absolute Gasteiger partial charge is 0.348 e. The van der Waals surface area contributed by atoms with Crippen molar-refractivity contribution in [3.63, 3.8) is 0 Å². The first kappa shape index (κ1) is 19.0. The molecular weight excluding hydrogens is 384 g/mol. The molecule has 1 amide bonds. The van der Waals surface area contributed by atoms with E-state index in [4.69, 9.17) is 11.6 Å². The van der Waals surface area contributed by atoms with Crippen LogP contribution >= 0.6 is 11.6 Å². The number of carbonyl (C=O) groups is 1. The SMILES string of the molecule is Cc1ccc(-n2nc(C)c(C(=O)NCc3ccccc3Cl)c2-n2cccc2)cc1. The fourth-order valence-electron chi connectivity index (χ4n) is 3.27. The molecule has 0 aliphatic rings. The first-order valence-electron chi connectivity index (χ1n) is 9.36. The van der Waals surface area contributed by atoms with Gasteiger partial charge in [-0.1, -0.05) is 47.5 Å². The molecule has 5 nitrogen and oxygen atoms in total. The lowest BCUT2D eigenvalue weighted by atomic mass is 10.2. The molecule has 2 aromatic heterocycles. The highest BCUT2D eigenvalue weighted by atomic mass is 35.5. The van der Waals surface area contributed by atoms with E-state index >= 15 is 0 Å². The molecule has 0 atom stereocenters. The van der Waals surface area contributed by atoms with Gasteiger partial charge in [0, 0.05) is 24.0 Å². The monoisotopic (exact) mass is 404 g/mol.